The third-order valence-corrected chi connectivity index (χ3v) is 5.10. The highest BCUT2D eigenvalue weighted by atomic mass is 16.5. The molecule has 0 atom stereocenters. The predicted octanol–water partition coefficient (Wildman–Crippen LogP) is 2.76. The number of rotatable bonds is 9. The second-order valence-corrected chi connectivity index (χ2v) is 7.48. The van der Waals surface area contributed by atoms with Crippen molar-refractivity contribution in [1.82, 2.24) is 20.4 Å². The molecule has 4 amide bonds. The molecule has 1 saturated heterocycles. The number of aryl methyl sites for hydroxylation is 1. The average Bonchev–Trinajstić information content (AvgIpc) is 3.41. The van der Waals surface area contributed by atoms with Crippen molar-refractivity contribution in [2.24, 2.45) is 0 Å². The number of nitrogens with zero attached hydrogens (tertiary/aromatic N) is 3. The van der Waals surface area contributed by atoms with Crippen molar-refractivity contribution in [2.45, 2.75) is 25.8 Å². The van der Waals surface area contributed by atoms with Crippen LogP contribution in [0.2, 0.25) is 0 Å². The number of hydrogen-bond acceptors (Lipinski definition) is 7. The number of hydrogen-bond donors (Lipinski definition) is 2. The van der Waals surface area contributed by atoms with Gasteiger partial charge in [0.25, 0.3) is 0 Å². The Morgan fingerprint density at radius 3 is 2.76 bits per heavy atom. The molecule has 1 aliphatic rings. The first-order valence-corrected chi connectivity index (χ1v) is 10.5. The lowest BCUT2D eigenvalue weighted by atomic mass is 10.1. The van der Waals surface area contributed by atoms with Gasteiger partial charge >= 0.3 is 6.03 Å². The Labute approximate surface area is 189 Å². The van der Waals surface area contributed by atoms with Crippen molar-refractivity contribution in [3.05, 3.63) is 60.0 Å². The minimum Gasteiger partial charge on any atom is -0.497 e. The topological polar surface area (TPSA) is 127 Å². The summed E-state index contributed by atoms with van der Waals surface area (Å²) in [5.41, 5.74) is 2.16. The van der Waals surface area contributed by atoms with Crippen LogP contribution in [-0.2, 0) is 22.6 Å². The first-order chi connectivity index (χ1) is 16.0. The molecule has 3 aromatic rings. The maximum Gasteiger partial charge on any atom is 0.324 e. The molecule has 2 aromatic carbocycles. The molecular weight excluding hydrogens is 426 g/mol. The van der Waals surface area contributed by atoms with Crippen molar-refractivity contribution >= 4 is 23.5 Å². The Bertz CT molecular complexity index is 1140. The van der Waals surface area contributed by atoms with Gasteiger partial charge in [-0.1, -0.05) is 17.3 Å². The van der Waals surface area contributed by atoms with Gasteiger partial charge < -0.3 is 19.9 Å². The number of carbonyl (C=O) groups is 3. The van der Waals surface area contributed by atoms with Crippen molar-refractivity contribution in [3.8, 4) is 17.1 Å². The zero-order valence-corrected chi connectivity index (χ0v) is 18.0. The van der Waals surface area contributed by atoms with Crippen LogP contribution in [0.4, 0.5) is 10.5 Å². The number of imide groups is 1. The monoisotopic (exact) mass is 449 g/mol. The molecule has 0 saturated carbocycles. The highest BCUT2D eigenvalue weighted by Gasteiger charge is 2.28. The van der Waals surface area contributed by atoms with Gasteiger partial charge in [0.05, 0.1) is 20.2 Å². The third-order valence-electron chi connectivity index (χ3n) is 5.10. The third kappa shape index (κ3) is 5.53. The summed E-state index contributed by atoms with van der Waals surface area (Å²) >= 11 is 0. The van der Waals surface area contributed by atoms with Crippen molar-refractivity contribution in [1.29, 1.82) is 0 Å². The van der Waals surface area contributed by atoms with Crippen LogP contribution < -0.4 is 15.4 Å². The number of amides is 4. The van der Waals surface area contributed by atoms with Gasteiger partial charge in [-0.3, -0.25) is 14.5 Å². The fourth-order valence-electron chi connectivity index (χ4n) is 3.38. The first-order valence-electron chi connectivity index (χ1n) is 10.5. The van der Waals surface area contributed by atoms with Crippen LogP contribution in [0.25, 0.3) is 11.4 Å². The van der Waals surface area contributed by atoms with Crippen molar-refractivity contribution in [2.75, 3.05) is 19.0 Å². The van der Waals surface area contributed by atoms with E-state index in [1.165, 1.54) is 0 Å². The van der Waals surface area contributed by atoms with Gasteiger partial charge in [-0.2, -0.15) is 4.98 Å². The van der Waals surface area contributed by atoms with Gasteiger partial charge in [0.2, 0.25) is 23.5 Å². The van der Waals surface area contributed by atoms with Crippen LogP contribution in [0, 0.1) is 0 Å². The smallest absolute Gasteiger partial charge is 0.324 e. The molecule has 2 heterocycles. The van der Waals surface area contributed by atoms with Gasteiger partial charge in [-0.25, -0.2) is 4.79 Å². The standard InChI is InChI=1S/C23H23N5O5/c1-32-18-10-8-16(9-11-18)22-26-20(33-27-22)7-3-6-19(29)25-17-5-2-4-15(12-17)14-28-21(30)13-24-23(28)31/h2,4-5,8-12H,3,6-7,13-14H2,1H3,(H,24,31)(H,25,29). The van der Waals surface area contributed by atoms with Crippen molar-refractivity contribution in [3.63, 3.8) is 0 Å². The lowest BCUT2D eigenvalue weighted by molar-refractivity contribution is -0.125. The number of ether oxygens (including phenoxy) is 1. The molecule has 0 unspecified atom stereocenters. The van der Waals surface area contributed by atoms with Crippen LogP contribution in [-0.4, -0.2) is 46.5 Å². The first kappa shape index (κ1) is 22.0. The number of benzene rings is 2. The van der Waals surface area contributed by atoms with Crippen LogP contribution >= 0.6 is 0 Å². The van der Waals surface area contributed by atoms with E-state index in [1.54, 1.807) is 31.4 Å². The van der Waals surface area contributed by atoms with Gasteiger partial charge in [0.15, 0.2) is 0 Å². The van der Waals surface area contributed by atoms with Gasteiger partial charge in [0, 0.05) is 24.1 Å². The Kier molecular flexibility index (Phi) is 6.63. The summed E-state index contributed by atoms with van der Waals surface area (Å²) < 4.78 is 10.4. The summed E-state index contributed by atoms with van der Waals surface area (Å²) in [4.78, 5) is 41.3. The normalized spacial score (nSPS) is 13.2. The number of anilines is 1. The SMILES string of the molecule is COc1ccc(-c2noc(CCCC(=O)Nc3cccc(CN4C(=O)CNC4=O)c3)n2)cc1. The largest absolute Gasteiger partial charge is 0.497 e. The van der Waals surface area contributed by atoms with Crippen molar-refractivity contribution < 1.29 is 23.6 Å². The van der Waals surface area contributed by atoms with E-state index < -0.39 is 6.03 Å². The summed E-state index contributed by atoms with van der Waals surface area (Å²) in [6, 6.07) is 14.0. The molecule has 10 nitrogen and oxygen atoms in total. The van der Waals surface area contributed by atoms with E-state index in [0.717, 1.165) is 21.8 Å². The molecule has 1 aliphatic heterocycles. The maximum absolute atomic E-state index is 12.3. The lowest BCUT2D eigenvalue weighted by Crippen LogP contribution is -2.30. The molecule has 170 valence electrons. The molecule has 0 aliphatic carbocycles. The minimum absolute atomic E-state index is 0.0108. The number of aromatic nitrogens is 2. The molecule has 10 heteroatoms. The van der Waals surface area contributed by atoms with Gasteiger partial charge in [-0.15, -0.1) is 0 Å². The Hall–Kier alpha value is -4.21. The highest BCUT2D eigenvalue weighted by molar-refractivity contribution is 6.01. The number of urea groups is 1. The van der Waals surface area contributed by atoms with E-state index in [2.05, 4.69) is 20.8 Å². The molecule has 4 rings (SSSR count). The second kappa shape index (κ2) is 9.94. The molecule has 1 aromatic heterocycles. The van der Waals surface area contributed by atoms with E-state index in [0.29, 0.717) is 30.2 Å². The Morgan fingerprint density at radius 2 is 2.03 bits per heavy atom. The molecule has 1 fully saturated rings. The zero-order chi connectivity index (χ0) is 23.2. The Balaban J connectivity index is 1.26. The summed E-state index contributed by atoms with van der Waals surface area (Å²) in [6.07, 6.45) is 1.29. The molecule has 2 N–H and O–H groups in total. The summed E-state index contributed by atoms with van der Waals surface area (Å²) in [5, 5.41) is 9.31. The molecule has 0 spiro atoms. The Morgan fingerprint density at radius 1 is 1.21 bits per heavy atom. The van der Waals surface area contributed by atoms with Crippen LogP contribution in [0.15, 0.2) is 53.1 Å². The van der Waals surface area contributed by atoms with Crippen LogP contribution in [0.5, 0.6) is 5.75 Å². The summed E-state index contributed by atoms with van der Waals surface area (Å²) in [7, 11) is 1.60. The zero-order valence-electron chi connectivity index (χ0n) is 18.0. The molecule has 0 bridgehead atoms. The fourth-order valence-corrected chi connectivity index (χ4v) is 3.38. The van der Waals surface area contributed by atoms with E-state index >= 15 is 0 Å². The number of nitrogens with one attached hydrogen (secondary N) is 2. The van der Waals surface area contributed by atoms with Gasteiger partial charge in [-0.05, 0) is 48.4 Å². The maximum atomic E-state index is 12.3. The fraction of sp³-hybridized carbons (Fsp3) is 0.261. The summed E-state index contributed by atoms with van der Waals surface area (Å²) in [6.45, 7) is 0.166. The summed E-state index contributed by atoms with van der Waals surface area (Å²) in [5.74, 6) is 1.26. The van der Waals surface area contributed by atoms with E-state index in [1.807, 2.05) is 24.3 Å². The second-order valence-electron chi connectivity index (χ2n) is 7.48. The quantitative estimate of drug-likeness (QED) is 0.481. The predicted molar refractivity (Wildman–Crippen MR) is 118 cm³/mol. The lowest BCUT2D eigenvalue weighted by Gasteiger charge is -2.13. The van der Waals surface area contributed by atoms with E-state index in [4.69, 9.17) is 9.26 Å². The highest BCUT2D eigenvalue weighted by Crippen LogP contribution is 2.20. The number of carbonyl (C=O) groups excluding carboxylic acids is 3. The molecule has 0 radical (unpaired) electrons. The molecule has 33 heavy (non-hydrogen) atoms. The van der Waals surface area contributed by atoms with Crippen LogP contribution in [0.3, 0.4) is 0 Å². The van der Waals surface area contributed by atoms with E-state index in [9.17, 15) is 14.4 Å². The minimum atomic E-state index is -0.411. The van der Waals surface area contributed by atoms with Crippen LogP contribution in [0.1, 0.15) is 24.3 Å². The van der Waals surface area contributed by atoms with E-state index in [-0.39, 0.29) is 31.3 Å². The molecular formula is C23H23N5O5. The average molecular weight is 449 g/mol. The van der Waals surface area contributed by atoms with Gasteiger partial charge in [0.1, 0.15) is 5.75 Å². The number of methoxy groups -OCH3 is 1.